The van der Waals surface area contributed by atoms with E-state index in [4.69, 9.17) is 5.41 Å². The summed E-state index contributed by atoms with van der Waals surface area (Å²) >= 11 is 3.36. The molecule has 0 saturated carbocycles. The van der Waals surface area contributed by atoms with Gasteiger partial charge in [0.25, 0.3) is 0 Å². The molecule has 2 nitrogen and oxygen atoms in total. The van der Waals surface area contributed by atoms with Gasteiger partial charge in [-0.1, -0.05) is 41.4 Å². The average molecular weight is 270 g/mol. The Labute approximate surface area is 99.0 Å². The second-order valence-electron chi connectivity index (χ2n) is 3.81. The molecule has 15 heavy (non-hydrogen) atoms. The Morgan fingerprint density at radius 2 is 2.20 bits per heavy atom. The van der Waals surface area contributed by atoms with Gasteiger partial charge >= 0.3 is 0 Å². The molecule has 1 atom stereocenters. The molecule has 0 heterocycles. The van der Waals surface area contributed by atoms with Gasteiger partial charge in [-0.2, -0.15) is 0 Å². The lowest BCUT2D eigenvalue weighted by atomic mass is 9.89. The van der Waals surface area contributed by atoms with Crippen LogP contribution in [-0.4, -0.2) is 10.8 Å². The summed E-state index contributed by atoms with van der Waals surface area (Å²) in [5.41, 5.74) is -0.0294. The van der Waals surface area contributed by atoms with Gasteiger partial charge in [0.2, 0.25) is 0 Å². The normalized spacial score (nSPS) is 14.7. The Bertz CT molecular complexity index is 360. The minimum atomic E-state index is -1.15. The smallest absolute Gasteiger partial charge is 0.124 e. The van der Waals surface area contributed by atoms with E-state index in [1.54, 1.807) is 6.92 Å². The molecule has 0 aliphatic rings. The summed E-state index contributed by atoms with van der Waals surface area (Å²) in [6.45, 7) is 3.68. The zero-order valence-corrected chi connectivity index (χ0v) is 10.6. The fourth-order valence-corrected chi connectivity index (χ4v) is 1.86. The first-order valence-electron chi connectivity index (χ1n) is 5.04. The lowest BCUT2D eigenvalue weighted by Crippen LogP contribution is -2.31. The predicted octanol–water partition coefficient (Wildman–Crippen LogP) is 3.48. The molecule has 0 aromatic heterocycles. The number of halogens is 1. The fraction of sp³-hybridized carbons (Fsp3) is 0.417. The zero-order chi connectivity index (χ0) is 11.5. The van der Waals surface area contributed by atoms with Crippen molar-refractivity contribution in [2.75, 3.05) is 0 Å². The maximum atomic E-state index is 10.3. The van der Waals surface area contributed by atoms with Gasteiger partial charge in [0.05, 0.1) is 0 Å². The van der Waals surface area contributed by atoms with Crippen molar-refractivity contribution in [3.63, 3.8) is 0 Å². The molecular weight excluding hydrogens is 254 g/mol. The highest BCUT2D eigenvalue weighted by molar-refractivity contribution is 9.10. The van der Waals surface area contributed by atoms with E-state index in [1.165, 1.54) is 0 Å². The Balaban J connectivity index is 2.99. The number of aliphatic hydroxyl groups is 1. The predicted molar refractivity (Wildman–Crippen MR) is 66.3 cm³/mol. The van der Waals surface area contributed by atoms with E-state index in [2.05, 4.69) is 15.9 Å². The molecule has 3 heteroatoms. The van der Waals surface area contributed by atoms with Crippen LogP contribution in [0.3, 0.4) is 0 Å². The SMILES string of the molecule is CCCC(=N)C(C)(O)c1cccc(Br)c1. The highest BCUT2D eigenvalue weighted by Crippen LogP contribution is 2.26. The summed E-state index contributed by atoms with van der Waals surface area (Å²) in [6.07, 6.45) is 1.50. The Morgan fingerprint density at radius 3 is 2.73 bits per heavy atom. The first kappa shape index (κ1) is 12.4. The van der Waals surface area contributed by atoms with Crippen molar-refractivity contribution in [1.29, 1.82) is 5.41 Å². The number of benzene rings is 1. The van der Waals surface area contributed by atoms with Gasteiger partial charge in [-0.15, -0.1) is 0 Å². The largest absolute Gasteiger partial charge is 0.379 e. The molecule has 0 spiro atoms. The van der Waals surface area contributed by atoms with Crippen molar-refractivity contribution < 1.29 is 5.11 Å². The molecular formula is C12H16BrNO. The van der Waals surface area contributed by atoms with E-state index in [-0.39, 0.29) is 0 Å². The first-order valence-corrected chi connectivity index (χ1v) is 5.84. The third-order valence-electron chi connectivity index (χ3n) is 2.47. The molecule has 0 aliphatic carbocycles. The van der Waals surface area contributed by atoms with Crippen LogP contribution in [0, 0.1) is 5.41 Å². The number of rotatable bonds is 4. The third-order valence-corrected chi connectivity index (χ3v) is 2.97. The number of nitrogens with one attached hydrogen (secondary N) is 1. The minimum Gasteiger partial charge on any atom is -0.379 e. The van der Waals surface area contributed by atoms with Crippen LogP contribution < -0.4 is 0 Å². The molecule has 0 saturated heterocycles. The zero-order valence-electron chi connectivity index (χ0n) is 9.05. The standard InChI is InChI=1S/C12H16BrNO/c1-3-5-11(14)12(2,15)9-6-4-7-10(13)8-9/h4,6-8,14-15H,3,5H2,1-2H3. The average Bonchev–Trinajstić information content (AvgIpc) is 2.18. The van der Waals surface area contributed by atoms with E-state index in [0.717, 1.165) is 16.5 Å². The molecule has 0 radical (unpaired) electrons. The van der Waals surface area contributed by atoms with Crippen LogP contribution in [0.2, 0.25) is 0 Å². The van der Waals surface area contributed by atoms with E-state index in [0.29, 0.717) is 12.1 Å². The van der Waals surface area contributed by atoms with Gasteiger partial charge in [-0.05, 0) is 31.0 Å². The lowest BCUT2D eigenvalue weighted by molar-refractivity contribution is 0.129. The van der Waals surface area contributed by atoms with E-state index in [1.807, 2.05) is 31.2 Å². The monoisotopic (exact) mass is 269 g/mol. The number of hydrogen-bond acceptors (Lipinski definition) is 2. The highest BCUT2D eigenvalue weighted by atomic mass is 79.9. The second kappa shape index (κ2) is 4.90. The maximum absolute atomic E-state index is 10.3. The van der Waals surface area contributed by atoms with Crippen LogP contribution >= 0.6 is 15.9 Å². The number of hydrogen-bond donors (Lipinski definition) is 2. The van der Waals surface area contributed by atoms with Gasteiger partial charge in [-0.25, -0.2) is 0 Å². The van der Waals surface area contributed by atoms with E-state index < -0.39 is 5.60 Å². The molecule has 1 rings (SSSR count). The summed E-state index contributed by atoms with van der Waals surface area (Å²) in [6, 6.07) is 7.47. The third kappa shape index (κ3) is 2.89. The van der Waals surface area contributed by atoms with Crippen molar-refractivity contribution in [3.05, 3.63) is 34.3 Å². The maximum Gasteiger partial charge on any atom is 0.124 e. The van der Waals surface area contributed by atoms with Crippen LogP contribution in [0.1, 0.15) is 32.3 Å². The van der Waals surface area contributed by atoms with E-state index >= 15 is 0 Å². The van der Waals surface area contributed by atoms with E-state index in [9.17, 15) is 5.11 Å². The van der Waals surface area contributed by atoms with Gasteiger partial charge in [0.1, 0.15) is 5.60 Å². The second-order valence-corrected chi connectivity index (χ2v) is 4.73. The van der Waals surface area contributed by atoms with Crippen LogP contribution in [-0.2, 0) is 5.60 Å². The summed E-state index contributed by atoms with van der Waals surface area (Å²) in [5.74, 6) is 0. The molecule has 82 valence electrons. The molecule has 0 aliphatic heterocycles. The highest BCUT2D eigenvalue weighted by Gasteiger charge is 2.27. The van der Waals surface area contributed by atoms with Gasteiger partial charge in [0, 0.05) is 10.2 Å². The Kier molecular flexibility index (Phi) is 4.05. The van der Waals surface area contributed by atoms with Crippen molar-refractivity contribution in [3.8, 4) is 0 Å². The van der Waals surface area contributed by atoms with Gasteiger partial charge < -0.3 is 10.5 Å². The molecule has 1 aromatic rings. The quantitative estimate of drug-likeness (QED) is 0.808. The van der Waals surface area contributed by atoms with Gasteiger partial charge in [0.15, 0.2) is 0 Å². The Morgan fingerprint density at radius 1 is 1.53 bits per heavy atom. The van der Waals surface area contributed by atoms with Crippen LogP contribution in [0.25, 0.3) is 0 Å². The topological polar surface area (TPSA) is 44.1 Å². The summed E-state index contributed by atoms with van der Waals surface area (Å²) in [7, 11) is 0. The summed E-state index contributed by atoms with van der Waals surface area (Å²) < 4.78 is 0.921. The minimum absolute atomic E-state index is 0.364. The molecule has 1 aromatic carbocycles. The molecule has 0 fully saturated rings. The fourth-order valence-electron chi connectivity index (χ4n) is 1.46. The summed E-state index contributed by atoms with van der Waals surface area (Å²) in [5, 5.41) is 18.1. The first-order chi connectivity index (χ1) is 6.98. The Hall–Kier alpha value is -0.670. The van der Waals surface area contributed by atoms with Crippen LogP contribution in [0.5, 0.6) is 0 Å². The van der Waals surface area contributed by atoms with Crippen LogP contribution in [0.15, 0.2) is 28.7 Å². The van der Waals surface area contributed by atoms with Crippen molar-refractivity contribution in [1.82, 2.24) is 0 Å². The lowest BCUT2D eigenvalue weighted by Gasteiger charge is -2.25. The van der Waals surface area contributed by atoms with Gasteiger partial charge in [-0.3, -0.25) is 0 Å². The molecule has 0 amide bonds. The van der Waals surface area contributed by atoms with Crippen molar-refractivity contribution >= 4 is 21.6 Å². The van der Waals surface area contributed by atoms with Crippen molar-refractivity contribution in [2.45, 2.75) is 32.3 Å². The molecule has 2 N–H and O–H groups in total. The molecule has 0 bridgehead atoms. The molecule has 1 unspecified atom stereocenters. The van der Waals surface area contributed by atoms with Crippen molar-refractivity contribution in [2.24, 2.45) is 0 Å². The van der Waals surface area contributed by atoms with Crippen LogP contribution in [0.4, 0.5) is 0 Å². The summed E-state index contributed by atoms with van der Waals surface area (Å²) in [4.78, 5) is 0.